The number of methoxy groups -OCH3 is 1. The predicted octanol–water partition coefficient (Wildman–Crippen LogP) is 2.68. The normalized spacial score (nSPS) is 28.0. The molecule has 0 bridgehead atoms. The molecule has 15 heavy (non-hydrogen) atoms. The maximum Gasteiger partial charge on any atom is 0.0582 e. The summed E-state index contributed by atoms with van der Waals surface area (Å²) < 4.78 is 5.39. The van der Waals surface area contributed by atoms with Gasteiger partial charge in [0.15, 0.2) is 0 Å². The van der Waals surface area contributed by atoms with Crippen molar-refractivity contribution in [2.24, 2.45) is 5.41 Å². The van der Waals surface area contributed by atoms with Crippen molar-refractivity contribution in [3.05, 3.63) is 0 Å². The van der Waals surface area contributed by atoms with Crippen molar-refractivity contribution in [2.75, 3.05) is 20.2 Å². The molecule has 0 unspecified atom stereocenters. The van der Waals surface area contributed by atoms with Crippen LogP contribution in [0.5, 0.6) is 0 Å². The van der Waals surface area contributed by atoms with Gasteiger partial charge in [-0.15, -0.1) is 0 Å². The van der Waals surface area contributed by atoms with E-state index in [1.165, 1.54) is 38.8 Å². The van der Waals surface area contributed by atoms with Crippen LogP contribution in [0.2, 0.25) is 0 Å². The molecule has 0 radical (unpaired) electrons. The van der Waals surface area contributed by atoms with Crippen LogP contribution in [0, 0.1) is 5.41 Å². The molecule has 2 fully saturated rings. The molecule has 2 rings (SSSR count). The fraction of sp³-hybridized carbons (Fsp3) is 1.00. The Kier molecular flexibility index (Phi) is 2.85. The van der Waals surface area contributed by atoms with Crippen molar-refractivity contribution in [1.82, 2.24) is 4.90 Å². The van der Waals surface area contributed by atoms with Gasteiger partial charge in [-0.25, -0.2) is 0 Å². The number of nitrogens with zero attached hydrogens (tertiary/aromatic N) is 1. The topological polar surface area (TPSA) is 12.5 Å². The molecule has 88 valence electrons. The zero-order chi connectivity index (χ0) is 11.1. The van der Waals surface area contributed by atoms with Gasteiger partial charge in [-0.3, -0.25) is 4.90 Å². The minimum absolute atomic E-state index is 0.353. The number of hydrogen-bond donors (Lipinski definition) is 0. The molecule has 1 spiro atoms. The van der Waals surface area contributed by atoms with Crippen molar-refractivity contribution in [1.29, 1.82) is 0 Å². The Hall–Kier alpha value is -0.0800. The summed E-state index contributed by atoms with van der Waals surface area (Å²) in [5.41, 5.74) is 1.01. The Labute approximate surface area is 94.0 Å². The standard InChI is InChI=1S/C13H25NO/c1-12(2,3)14-7-5-13(6-8-14)9-11(10-13)15-4/h11H,5-10H2,1-4H3. The van der Waals surface area contributed by atoms with Crippen LogP contribution >= 0.6 is 0 Å². The second-order valence-corrected chi connectivity index (χ2v) is 6.42. The zero-order valence-electron chi connectivity index (χ0n) is 10.7. The predicted molar refractivity (Wildman–Crippen MR) is 63.0 cm³/mol. The van der Waals surface area contributed by atoms with Crippen LogP contribution in [0.3, 0.4) is 0 Å². The first-order valence-electron chi connectivity index (χ1n) is 6.23. The van der Waals surface area contributed by atoms with Crippen molar-refractivity contribution in [3.63, 3.8) is 0 Å². The zero-order valence-corrected chi connectivity index (χ0v) is 10.7. The molecule has 0 aromatic carbocycles. The number of likely N-dealkylation sites (tertiary alicyclic amines) is 1. The Bertz CT molecular complexity index is 215. The number of rotatable bonds is 1. The summed E-state index contributed by atoms with van der Waals surface area (Å²) in [5.74, 6) is 0. The van der Waals surface area contributed by atoms with Gasteiger partial charge in [0.2, 0.25) is 0 Å². The lowest BCUT2D eigenvalue weighted by Gasteiger charge is -2.53. The fourth-order valence-corrected chi connectivity index (χ4v) is 3.13. The number of ether oxygens (including phenoxy) is 1. The molecule has 1 heterocycles. The molecular weight excluding hydrogens is 186 g/mol. The lowest BCUT2D eigenvalue weighted by Crippen LogP contribution is -2.53. The van der Waals surface area contributed by atoms with Crippen molar-refractivity contribution in [2.45, 2.75) is 58.1 Å². The molecule has 1 aliphatic heterocycles. The first-order valence-corrected chi connectivity index (χ1v) is 6.23. The summed E-state index contributed by atoms with van der Waals surface area (Å²) >= 11 is 0. The summed E-state index contributed by atoms with van der Waals surface area (Å²) in [4.78, 5) is 2.62. The van der Waals surface area contributed by atoms with Crippen LogP contribution in [0.15, 0.2) is 0 Å². The summed E-state index contributed by atoms with van der Waals surface area (Å²) in [6, 6.07) is 0. The van der Waals surface area contributed by atoms with Gasteiger partial charge in [0.05, 0.1) is 6.10 Å². The maximum atomic E-state index is 5.39. The molecule has 0 atom stereocenters. The van der Waals surface area contributed by atoms with E-state index < -0.39 is 0 Å². The lowest BCUT2D eigenvalue weighted by molar-refractivity contribution is -0.0963. The fourth-order valence-electron chi connectivity index (χ4n) is 3.13. The molecule has 0 aromatic heterocycles. The molecule has 1 aliphatic carbocycles. The minimum Gasteiger partial charge on any atom is -0.381 e. The van der Waals surface area contributed by atoms with Gasteiger partial charge in [-0.2, -0.15) is 0 Å². The Morgan fingerprint density at radius 2 is 1.67 bits per heavy atom. The first kappa shape index (κ1) is 11.4. The van der Waals surface area contributed by atoms with Gasteiger partial charge in [-0.1, -0.05) is 0 Å². The molecule has 0 N–H and O–H groups in total. The lowest BCUT2D eigenvalue weighted by atomic mass is 9.61. The van der Waals surface area contributed by atoms with E-state index in [1.54, 1.807) is 0 Å². The van der Waals surface area contributed by atoms with E-state index in [9.17, 15) is 0 Å². The van der Waals surface area contributed by atoms with E-state index in [1.807, 2.05) is 7.11 Å². The average Bonchev–Trinajstić information content (AvgIpc) is 2.12. The maximum absolute atomic E-state index is 5.39. The third-order valence-corrected chi connectivity index (χ3v) is 4.43. The van der Waals surface area contributed by atoms with E-state index in [0.717, 1.165) is 0 Å². The van der Waals surface area contributed by atoms with Crippen LogP contribution in [0.25, 0.3) is 0 Å². The first-order chi connectivity index (χ1) is 6.95. The molecular formula is C13H25NO. The summed E-state index contributed by atoms with van der Waals surface area (Å²) in [7, 11) is 1.85. The van der Waals surface area contributed by atoms with Crippen LogP contribution < -0.4 is 0 Å². The van der Waals surface area contributed by atoms with Gasteiger partial charge in [0, 0.05) is 12.6 Å². The smallest absolute Gasteiger partial charge is 0.0582 e. The molecule has 0 amide bonds. The van der Waals surface area contributed by atoms with E-state index in [2.05, 4.69) is 25.7 Å². The number of hydrogen-bond acceptors (Lipinski definition) is 2. The SMILES string of the molecule is COC1CC2(CCN(C(C)(C)C)CC2)C1. The molecule has 1 saturated heterocycles. The van der Waals surface area contributed by atoms with Crippen LogP contribution in [0.4, 0.5) is 0 Å². The molecule has 2 nitrogen and oxygen atoms in total. The number of piperidine rings is 1. The highest BCUT2D eigenvalue weighted by Gasteiger charge is 2.46. The largest absolute Gasteiger partial charge is 0.381 e. The Morgan fingerprint density at radius 1 is 1.13 bits per heavy atom. The van der Waals surface area contributed by atoms with Crippen molar-refractivity contribution >= 4 is 0 Å². The van der Waals surface area contributed by atoms with Crippen LogP contribution in [-0.2, 0) is 4.74 Å². The van der Waals surface area contributed by atoms with Crippen LogP contribution in [0.1, 0.15) is 46.5 Å². The molecule has 2 heteroatoms. The van der Waals surface area contributed by atoms with E-state index in [4.69, 9.17) is 4.74 Å². The Balaban J connectivity index is 1.83. The quantitative estimate of drug-likeness (QED) is 0.661. The minimum atomic E-state index is 0.353. The third-order valence-electron chi connectivity index (χ3n) is 4.43. The van der Waals surface area contributed by atoms with Gasteiger partial charge >= 0.3 is 0 Å². The van der Waals surface area contributed by atoms with Crippen molar-refractivity contribution in [3.8, 4) is 0 Å². The highest BCUT2D eigenvalue weighted by molar-refractivity contribution is 4.99. The van der Waals surface area contributed by atoms with Crippen molar-refractivity contribution < 1.29 is 4.74 Å². The van der Waals surface area contributed by atoms with E-state index in [0.29, 0.717) is 17.1 Å². The summed E-state index contributed by atoms with van der Waals surface area (Å²) in [6.45, 7) is 9.52. The highest BCUT2D eigenvalue weighted by atomic mass is 16.5. The summed E-state index contributed by atoms with van der Waals surface area (Å²) in [6.07, 6.45) is 5.93. The monoisotopic (exact) mass is 211 g/mol. The molecule has 2 aliphatic rings. The van der Waals surface area contributed by atoms with Crippen LogP contribution in [-0.4, -0.2) is 36.7 Å². The second-order valence-electron chi connectivity index (χ2n) is 6.42. The highest BCUT2D eigenvalue weighted by Crippen LogP contribution is 2.50. The van der Waals surface area contributed by atoms with Gasteiger partial charge in [0.25, 0.3) is 0 Å². The van der Waals surface area contributed by atoms with E-state index >= 15 is 0 Å². The van der Waals surface area contributed by atoms with Gasteiger partial charge in [-0.05, 0) is 65.0 Å². The summed E-state index contributed by atoms with van der Waals surface area (Å²) in [5, 5.41) is 0. The van der Waals surface area contributed by atoms with Gasteiger partial charge < -0.3 is 4.74 Å². The van der Waals surface area contributed by atoms with Gasteiger partial charge in [0.1, 0.15) is 0 Å². The second kappa shape index (κ2) is 3.74. The molecule has 1 saturated carbocycles. The van der Waals surface area contributed by atoms with E-state index in [-0.39, 0.29) is 0 Å². The molecule has 0 aromatic rings. The average molecular weight is 211 g/mol. The third kappa shape index (κ3) is 2.21. The Morgan fingerprint density at radius 3 is 2.07 bits per heavy atom.